The van der Waals surface area contributed by atoms with Gasteiger partial charge in [0.25, 0.3) is 0 Å². The molecule has 2 nitrogen and oxygen atoms in total. The number of hydrogen-bond acceptors (Lipinski definition) is 2. The summed E-state index contributed by atoms with van der Waals surface area (Å²) in [4.78, 5) is 4.21. The molecule has 1 heterocycles. The van der Waals surface area contributed by atoms with Crippen LogP contribution in [-0.2, 0) is 0 Å². The standard InChI is InChI=1S/C12H14N2/c1-8-4-9(2)12(10(3)5-8)11-6-13-7-14-11/h4-5,13H,6H2,1-3H3. The summed E-state index contributed by atoms with van der Waals surface area (Å²) in [5.41, 5.74) is 6.27. The van der Waals surface area contributed by atoms with Gasteiger partial charge in [-0.3, -0.25) is 10.3 Å². The van der Waals surface area contributed by atoms with Gasteiger partial charge in [-0.15, -0.1) is 0 Å². The molecule has 0 spiro atoms. The van der Waals surface area contributed by atoms with Gasteiger partial charge in [0, 0.05) is 12.1 Å². The molecule has 0 aromatic heterocycles. The van der Waals surface area contributed by atoms with E-state index < -0.39 is 0 Å². The molecule has 0 unspecified atom stereocenters. The van der Waals surface area contributed by atoms with Gasteiger partial charge in [0.1, 0.15) is 0 Å². The quantitative estimate of drug-likeness (QED) is 0.712. The van der Waals surface area contributed by atoms with Crippen molar-refractivity contribution in [3.05, 3.63) is 41.1 Å². The van der Waals surface area contributed by atoms with Crippen molar-refractivity contribution in [1.82, 2.24) is 5.32 Å². The Bertz CT molecular complexity index is 368. The van der Waals surface area contributed by atoms with Gasteiger partial charge >= 0.3 is 0 Å². The molecule has 0 atom stereocenters. The van der Waals surface area contributed by atoms with Crippen molar-refractivity contribution in [2.75, 3.05) is 6.54 Å². The lowest BCUT2D eigenvalue weighted by Gasteiger charge is -2.10. The first-order chi connectivity index (χ1) is 6.68. The summed E-state index contributed by atoms with van der Waals surface area (Å²) in [5, 5.41) is 2.99. The van der Waals surface area contributed by atoms with Gasteiger partial charge in [0.05, 0.1) is 5.71 Å². The van der Waals surface area contributed by atoms with Crippen molar-refractivity contribution >= 4 is 5.71 Å². The van der Waals surface area contributed by atoms with Crippen LogP contribution in [0.4, 0.5) is 0 Å². The molecule has 72 valence electrons. The molecular weight excluding hydrogens is 172 g/mol. The topological polar surface area (TPSA) is 24.4 Å². The van der Waals surface area contributed by atoms with Gasteiger partial charge in [0.2, 0.25) is 0 Å². The van der Waals surface area contributed by atoms with Gasteiger partial charge < -0.3 is 0 Å². The van der Waals surface area contributed by atoms with E-state index in [1.807, 2.05) is 0 Å². The Morgan fingerprint density at radius 2 is 1.86 bits per heavy atom. The zero-order valence-electron chi connectivity index (χ0n) is 8.81. The van der Waals surface area contributed by atoms with E-state index in [0.29, 0.717) is 0 Å². The van der Waals surface area contributed by atoms with E-state index in [9.17, 15) is 0 Å². The summed E-state index contributed by atoms with van der Waals surface area (Å²) >= 11 is 0. The molecular formula is C12H14N2. The van der Waals surface area contributed by atoms with Crippen LogP contribution in [0.15, 0.2) is 17.1 Å². The predicted octanol–water partition coefficient (Wildman–Crippen LogP) is 2.00. The van der Waals surface area contributed by atoms with Gasteiger partial charge in [-0.05, 0) is 31.9 Å². The highest BCUT2D eigenvalue weighted by atomic mass is 15.1. The molecule has 0 bridgehead atoms. The fourth-order valence-corrected chi connectivity index (χ4v) is 2.05. The van der Waals surface area contributed by atoms with Gasteiger partial charge in [0.15, 0.2) is 6.67 Å². The third kappa shape index (κ3) is 1.58. The molecule has 1 aliphatic rings. The van der Waals surface area contributed by atoms with Crippen molar-refractivity contribution < 1.29 is 0 Å². The number of aliphatic imine (C=N–C) groups is 1. The number of aryl methyl sites for hydroxylation is 3. The van der Waals surface area contributed by atoms with Gasteiger partial charge in [-0.2, -0.15) is 0 Å². The lowest BCUT2D eigenvalue weighted by atomic mass is 9.96. The minimum atomic E-state index is 0.796. The van der Waals surface area contributed by atoms with Crippen molar-refractivity contribution in [3.63, 3.8) is 0 Å². The van der Waals surface area contributed by atoms with E-state index in [2.05, 4.69) is 49.9 Å². The third-order valence-corrected chi connectivity index (χ3v) is 2.49. The third-order valence-electron chi connectivity index (χ3n) is 2.49. The number of hydrogen-bond donors (Lipinski definition) is 1. The average molecular weight is 186 g/mol. The smallest absolute Gasteiger partial charge is 0.196 e. The second-order valence-corrected chi connectivity index (χ2v) is 3.80. The zero-order valence-corrected chi connectivity index (χ0v) is 8.81. The number of nitrogens with one attached hydrogen (secondary N) is 1. The van der Waals surface area contributed by atoms with Crippen LogP contribution < -0.4 is 5.32 Å². The second-order valence-electron chi connectivity index (χ2n) is 3.80. The summed E-state index contributed by atoms with van der Waals surface area (Å²) in [6, 6.07) is 4.40. The van der Waals surface area contributed by atoms with Crippen LogP contribution in [0.1, 0.15) is 22.3 Å². The Hall–Kier alpha value is -1.15. The number of rotatable bonds is 1. The molecule has 0 saturated carbocycles. The Balaban J connectivity index is 2.52. The van der Waals surface area contributed by atoms with Crippen LogP contribution in [0.3, 0.4) is 0 Å². The Labute approximate surface area is 85.1 Å². The summed E-state index contributed by atoms with van der Waals surface area (Å²) in [6.45, 7) is 9.97. The molecule has 2 radical (unpaired) electrons. The molecule has 1 N–H and O–H groups in total. The van der Waals surface area contributed by atoms with E-state index in [1.54, 1.807) is 0 Å². The first-order valence-corrected chi connectivity index (χ1v) is 4.81. The van der Waals surface area contributed by atoms with E-state index in [0.717, 1.165) is 12.3 Å². The molecule has 14 heavy (non-hydrogen) atoms. The summed E-state index contributed by atoms with van der Waals surface area (Å²) in [7, 11) is 0. The molecule has 1 aromatic carbocycles. The fraction of sp³-hybridized carbons (Fsp3) is 0.333. The second kappa shape index (κ2) is 3.54. The van der Waals surface area contributed by atoms with Crippen LogP contribution in [0.25, 0.3) is 0 Å². The minimum Gasteiger partial charge on any atom is -0.281 e. The van der Waals surface area contributed by atoms with Crippen molar-refractivity contribution in [1.29, 1.82) is 0 Å². The molecule has 0 fully saturated rings. The SMILES string of the molecule is Cc1cc(C)c(C2=N[C]NC2)c(C)c1. The molecule has 0 aliphatic carbocycles. The highest BCUT2D eigenvalue weighted by Crippen LogP contribution is 2.18. The van der Waals surface area contributed by atoms with E-state index in [1.165, 1.54) is 22.3 Å². The lowest BCUT2D eigenvalue weighted by molar-refractivity contribution is 0.962. The molecule has 2 heteroatoms. The number of nitrogens with zero attached hydrogens (tertiary/aromatic N) is 1. The first-order valence-electron chi connectivity index (χ1n) is 4.81. The normalized spacial score (nSPS) is 15.8. The van der Waals surface area contributed by atoms with E-state index >= 15 is 0 Å². The van der Waals surface area contributed by atoms with Crippen LogP contribution in [0, 0.1) is 27.4 Å². The summed E-state index contributed by atoms with van der Waals surface area (Å²) in [5.74, 6) is 0. The Morgan fingerprint density at radius 1 is 1.21 bits per heavy atom. The van der Waals surface area contributed by atoms with Gasteiger partial charge in [-0.1, -0.05) is 17.7 Å². The highest BCUT2D eigenvalue weighted by molar-refractivity contribution is 6.05. The monoisotopic (exact) mass is 186 g/mol. The molecule has 0 saturated heterocycles. The minimum absolute atomic E-state index is 0.796. The fourth-order valence-electron chi connectivity index (χ4n) is 2.05. The van der Waals surface area contributed by atoms with Gasteiger partial charge in [-0.25, -0.2) is 0 Å². The number of benzene rings is 1. The molecule has 0 amide bonds. The first kappa shape index (κ1) is 9.41. The Kier molecular flexibility index (Phi) is 2.38. The lowest BCUT2D eigenvalue weighted by Crippen LogP contribution is -2.14. The molecule has 2 rings (SSSR count). The van der Waals surface area contributed by atoms with Crippen LogP contribution in [-0.4, -0.2) is 12.3 Å². The van der Waals surface area contributed by atoms with Crippen molar-refractivity contribution in [2.45, 2.75) is 20.8 Å². The maximum absolute atomic E-state index is 4.21. The van der Waals surface area contributed by atoms with E-state index in [4.69, 9.17) is 0 Å². The predicted molar refractivity (Wildman–Crippen MR) is 58.4 cm³/mol. The maximum Gasteiger partial charge on any atom is 0.196 e. The maximum atomic E-state index is 4.21. The zero-order chi connectivity index (χ0) is 10.1. The average Bonchev–Trinajstić information content (AvgIpc) is 2.54. The van der Waals surface area contributed by atoms with Crippen LogP contribution in [0.2, 0.25) is 0 Å². The summed E-state index contributed by atoms with van der Waals surface area (Å²) in [6.07, 6.45) is 0. The largest absolute Gasteiger partial charge is 0.281 e. The Morgan fingerprint density at radius 3 is 2.36 bits per heavy atom. The van der Waals surface area contributed by atoms with Crippen LogP contribution in [0.5, 0.6) is 0 Å². The molecule has 1 aliphatic heterocycles. The van der Waals surface area contributed by atoms with Crippen LogP contribution >= 0.6 is 0 Å². The molecule has 1 aromatic rings. The van der Waals surface area contributed by atoms with Crippen molar-refractivity contribution in [2.24, 2.45) is 4.99 Å². The highest BCUT2D eigenvalue weighted by Gasteiger charge is 2.14. The van der Waals surface area contributed by atoms with E-state index in [-0.39, 0.29) is 0 Å². The van der Waals surface area contributed by atoms with Crippen molar-refractivity contribution in [3.8, 4) is 0 Å². The summed E-state index contributed by atoms with van der Waals surface area (Å²) < 4.78 is 0.